The summed E-state index contributed by atoms with van der Waals surface area (Å²) in [5.74, 6) is 0. The molecule has 1 unspecified atom stereocenters. The predicted octanol–water partition coefficient (Wildman–Crippen LogP) is -0.557. The van der Waals surface area contributed by atoms with E-state index in [1.807, 2.05) is 18.7 Å². The van der Waals surface area contributed by atoms with Crippen LogP contribution in [0.25, 0.3) is 0 Å². The number of hydrogen-bond acceptors (Lipinski definition) is 5. The molecule has 6 heteroatoms. The zero-order valence-electron chi connectivity index (χ0n) is 10.2. The first kappa shape index (κ1) is 13.7. The van der Waals surface area contributed by atoms with Crippen molar-refractivity contribution in [1.82, 2.24) is 9.78 Å². The van der Waals surface area contributed by atoms with Crippen LogP contribution in [0.15, 0.2) is 17.1 Å². The molecular formula is C11H19N3O3. The Morgan fingerprint density at radius 3 is 2.59 bits per heavy atom. The minimum absolute atomic E-state index is 0.00780. The molecule has 0 spiro atoms. The monoisotopic (exact) mass is 241 g/mol. The molecule has 0 saturated heterocycles. The quantitative estimate of drug-likeness (QED) is 0.698. The highest BCUT2D eigenvalue weighted by molar-refractivity contribution is 5.42. The molecule has 6 nitrogen and oxygen atoms in total. The van der Waals surface area contributed by atoms with E-state index >= 15 is 0 Å². The largest absolute Gasteiger partial charge is 0.394 e. The Balaban J connectivity index is 2.90. The number of rotatable bonds is 6. The Morgan fingerprint density at radius 2 is 2.12 bits per heavy atom. The van der Waals surface area contributed by atoms with Crippen LogP contribution in [0.5, 0.6) is 0 Å². The third-order valence-electron chi connectivity index (χ3n) is 2.58. The van der Waals surface area contributed by atoms with Gasteiger partial charge in [0.05, 0.1) is 31.1 Å². The van der Waals surface area contributed by atoms with Crippen molar-refractivity contribution in [2.24, 2.45) is 0 Å². The Hall–Kier alpha value is -1.40. The summed E-state index contributed by atoms with van der Waals surface area (Å²) in [5.41, 5.74) is 0.497. The van der Waals surface area contributed by atoms with Crippen LogP contribution >= 0.6 is 0 Å². The maximum absolute atomic E-state index is 11.7. The zero-order valence-corrected chi connectivity index (χ0v) is 10.2. The van der Waals surface area contributed by atoms with Gasteiger partial charge in [0, 0.05) is 19.2 Å². The first-order valence-corrected chi connectivity index (χ1v) is 5.73. The van der Waals surface area contributed by atoms with Gasteiger partial charge in [-0.05, 0) is 13.8 Å². The van der Waals surface area contributed by atoms with Crippen molar-refractivity contribution in [3.05, 3.63) is 22.6 Å². The molecule has 1 aromatic rings. The lowest BCUT2D eigenvalue weighted by atomic mass is 10.3. The molecule has 0 amide bonds. The van der Waals surface area contributed by atoms with Crippen LogP contribution in [-0.4, -0.2) is 45.8 Å². The molecule has 0 radical (unpaired) electrons. The van der Waals surface area contributed by atoms with Gasteiger partial charge in [0.25, 0.3) is 5.56 Å². The summed E-state index contributed by atoms with van der Waals surface area (Å²) in [6.45, 7) is 5.25. The van der Waals surface area contributed by atoms with Gasteiger partial charge in [0.1, 0.15) is 0 Å². The third kappa shape index (κ3) is 3.54. The summed E-state index contributed by atoms with van der Waals surface area (Å²) in [5, 5.41) is 21.9. The molecule has 1 aromatic heterocycles. The first-order valence-electron chi connectivity index (χ1n) is 5.73. The maximum atomic E-state index is 11.7. The Morgan fingerprint density at radius 1 is 1.47 bits per heavy atom. The van der Waals surface area contributed by atoms with Crippen molar-refractivity contribution in [3.63, 3.8) is 0 Å². The average Bonchev–Trinajstić information content (AvgIpc) is 2.33. The van der Waals surface area contributed by atoms with E-state index in [1.165, 1.54) is 6.07 Å². The minimum atomic E-state index is -0.959. The Labute approximate surface area is 100 Å². The van der Waals surface area contributed by atoms with Gasteiger partial charge >= 0.3 is 0 Å². The van der Waals surface area contributed by atoms with E-state index in [2.05, 4.69) is 5.10 Å². The molecule has 0 fully saturated rings. The SMILES string of the molecule is CCN(CC)c1cnn(CC(O)CO)c(=O)c1. The molecular weight excluding hydrogens is 222 g/mol. The van der Waals surface area contributed by atoms with Gasteiger partial charge < -0.3 is 15.1 Å². The number of aromatic nitrogens is 2. The van der Waals surface area contributed by atoms with E-state index in [9.17, 15) is 9.90 Å². The van der Waals surface area contributed by atoms with E-state index in [4.69, 9.17) is 5.11 Å². The summed E-state index contributed by atoms with van der Waals surface area (Å²) < 4.78 is 1.15. The second kappa shape index (κ2) is 6.36. The van der Waals surface area contributed by atoms with Crippen LogP contribution in [0.4, 0.5) is 5.69 Å². The molecule has 1 rings (SSSR count). The van der Waals surface area contributed by atoms with Gasteiger partial charge in [-0.3, -0.25) is 4.79 Å². The summed E-state index contributed by atoms with van der Waals surface area (Å²) >= 11 is 0. The second-order valence-electron chi connectivity index (χ2n) is 3.74. The van der Waals surface area contributed by atoms with Crippen LogP contribution in [0, 0.1) is 0 Å². The maximum Gasteiger partial charge on any atom is 0.268 e. The van der Waals surface area contributed by atoms with Crippen LogP contribution < -0.4 is 10.5 Å². The average molecular weight is 241 g/mol. The lowest BCUT2D eigenvalue weighted by Crippen LogP contribution is -2.32. The zero-order chi connectivity index (χ0) is 12.8. The van der Waals surface area contributed by atoms with Gasteiger partial charge in [0.2, 0.25) is 0 Å². The van der Waals surface area contributed by atoms with Gasteiger partial charge in [-0.2, -0.15) is 5.10 Å². The molecule has 1 heterocycles. The highest BCUT2D eigenvalue weighted by Gasteiger charge is 2.08. The molecule has 0 aromatic carbocycles. The molecule has 0 aliphatic carbocycles. The Bertz CT molecular complexity index is 401. The number of anilines is 1. The Kier molecular flexibility index (Phi) is 5.11. The van der Waals surface area contributed by atoms with Crippen LogP contribution in [0.2, 0.25) is 0 Å². The highest BCUT2D eigenvalue weighted by Crippen LogP contribution is 2.08. The van der Waals surface area contributed by atoms with Crippen molar-refractivity contribution in [3.8, 4) is 0 Å². The second-order valence-corrected chi connectivity index (χ2v) is 3.74. The summed E-state index contributed by atoms with van der Waals surface area (Å²) in [6.07, 6.45) is 0.637. The van der Waals surface area contributed by atoms with Crippen molar-refractivity contribution >= 4 is 5.69 Å². The third-order valence-corrected chi connectivity index (χ3v) is 2.58. The lowest BCUT2D eigenvalue weighted by molar-refractivity contribution is 0.0770. The van der Waals surface area contributed by atoms with E-state index in [-0.39, 0.29) is 18.7 Å². The fourth-order valence-corrected chi connectivity index (χ4v) is 1.58. The fourth-order valence-electron chi connectivity index (χ4n) is 1.58. The van der Waals surface area contributed by atoms with E-state index in [0.717, 1.165) is 23.5 Å². The topological polar surface area (TPSA) is 78.6 Å². The molecule has 2 N–H and O–H groups in total. The molecule has 1 atom stereocenters. The molecule has 0 bridgehead atoms. The fraction of sp³-hybridized carbons (Fsp3) is 0.636. The smallest absolute Gasteiger partial charge is 0.268 e. The van der Waals surface area contributed by atoms with Gasteiger partial charge in [-0.1, -0.05) is 0 Å². The predicted molar refractivity (Wildman–Crippen MR) is 65.2 cm³/mol. The molecule has 0 aliphatic rings. The summed E-state index contributed by atoms with van der Waals surface area (Å²) in [6, 6.07) is 1.49. The van der Waals surface area contributed by atoms with Crippen molar-refractivity contribution in [1.29, 1.82) is 0 Å². The van der Waals surface area contributed by atoms with E-state index < -0.39 is 6.10 Å². The first-order chi connectivity index (χ1) is 8.12. The molecule has 0 saturated carbocycles. The molecule has 17 heavy (non-hydrogen) atoms. The van der Waals surface area contributed by atoms with Crippen LogP contribution in [-0.2, 0) is 6.54 Å². The standard InChI is InChI=1S/C11H19N3O3/c1-3-13(4-2)9-5-11(17)14(12-6-9)7-10(16)8-15/h5-6,10,15-16H,3-4,7-8H2,1-2H3. The van der Waals surface area contributed by atoms with E-state index in [1.54, 1.807) is 6.20 Å². The van der Waals surface area contributed by atoms with Crippen molar-refractivity contribution in [2.75, 3.05) is 24.6 Å². The van der Waals surface area contributed by atoms with E-state index in [0.29, 0.717) is 0 Å². The van der Waals surface area contributed by atoms with Crippen molar-refractivity contribution in [2.45, 2.75) is 26.5 Å². The normalized spacial score (nSPS) is 12.5. The highest BCUT2D eigenvalue weighted by atomic mass is 16.3. The van der Waals surface area contributed by atoms with Gasteiger partial charge in [-0.15, -0.1) is 0 Å². The summed E-state index contributed by atoms with van der Waals surface area (Å²) in [7, 11) is 0. The van der Waals surface area contributed by atoms with Crippen LogP contribution in [0.3, 0.4) is 0 Å². The van der Waals surface area contributed by atoms with Gasteiger partial charge in [-0.25, -0.2) is 4.68 Å². The van der Waals surface area contributed by atoms with Crippen LogP contribution in [0.1, 0.15) is 13.8 Å². The molecule has 0 aliphatic heterocycles. The number of aliphatic hydroxyl groups excluding tert-OH is 2. The minimum Gasteiger partial charge on any atom is -0.394 e. The number of aliphatic hydroxyl groups is 2. The summed E-state index contributed by atoms with van der Waals surface area (Å²) in [4.78, 5) is 13.7. The van der Waals surface area contributed by atoms with Crippen molar-refractivity contribution < 1.29 is 10.2 Å². The van der Waals surface area contributed by atoms with Gasteiger partial charge in [0.15, 0.2) is 0 Å². The number of nitrogens with zero attached hydrogens (tertiary/aromatic N) is 3. The molecule has 96 valence electrons. The lowest BCUT2D eigenvalue weighted by Gasteiger charge is -2.20. The number of hydrogen-bond donors (Lipinski definition) is 2.